The van der Waals surface area contributed by atoms with Crippen LogP contribution in [0.1, 0.15) is 63.5 Å². The molecule has 1 aromatic heterocycles. The summed E-state index contributed by atoms with van der Waals surface area (Å²) in [5.41, 5.74) is 17.8. The van der Waals surface area contributed by atoms with Crippen molar-refractivity contribution in [2.24, 2.45) is 0 Å². The maximum Gasteiger partial charge on any atom is 0.0702 e. The Kier molecular flexibility index (Phi) is 9.20. The van der Waals surface area contributed by atoms with Crippen LogP contribution in [0, 0.1) is 0 Å². The van der Waals surface area contributed by atoms with Gasteiger partial charge in [-0.1, -0.05) is 167 Å². The second kappa shape index (κ2) is 14.4. The molecule has 0 saturated carbocycles. The molecule has 0 unspecified atom stereocenters. The topological polar surface area (TPSA) is 12.9 Å². The van der Waals surface area contributed by atoms with Gasteiger partial charge in [0.2, 0.25) is 0 Å². The minimum atomic E-state index is 0.0797. The van der Waals surface area contributed by atoms with Gasteiger partial charge >= 0.3 is 0 Å². The molecule has 0 N–H and O–H groups in total. The maximum atomic E-state index is 5.06. The Hall–Kier alpha value is -5.53. The lowest BCUT2D eigenvalue weighted by Gasteiger charge is -2.33. The van der Waals surface area contributed by atoms with E-state index < -0.39 is 0 Å². The van der Waals surface area contributed by atoms with E-state index in [-0.39, 0.29) is 5.41 Å². The molecule has 8 rings (SSSR count). The molecule has 1 heteroatoms. The van der Waals surface area contributed by atoms with Gasteiger partial charge in [0.15, 0.2) is 0 Å². The Balaban J connectivity index is 1.08. The van der Waals surface area contributed by atoms with E-state index >= 15 is 0 Å². The largest absolute Gasteiger partial charge is 0.256 e. The van der Waals surface area contributed by atoms with Crippen LogP contribution in [-0.4, -0.2) is 4.98 Å². The molecule has 51 heavy (non-hydrogen) atoms. The third kappa shape index (κ3) is 6.34. The number of hydrogen-bond acceptors (Lipinski definition) is 1. The predicted octanol–water partition coefficient (Wildman–Crippen LogP) is 14.1. The zero-order chi connectivity index (χ0) is 34.6. The molecule has 6 aromatic carbocycles. The van der Waals surface area contributed by atoms with E-state index in [4.69, 9.17) is 4.98 Å². The Morgan fingerprint density at radius 3 is 1.45 bits per heavy atom. The van der Waals surface area contributed by atoms with Crippen LogP contribution in [0.4, 0.5) is 0 Å². The first kappa shape index (κ1) is 32.7. The Labute approximate surface area is 303 Å². The van der Waals surface area contributed by atoms with Gasteiger partial charge in [0.05, 0.1) is 5.69 Å². The summed E-state index contributed by atoms with van der Waals surface area (Å²) in [7, 11) is 0. The molecule has 0 amide bonds. The average molecular weight is 660 g/mol. The normalized spacial score (nSPS) is 12.7. The van der Waals surface area contributed by atoms with E-state index in [1.807, 2.05) is 6.20 Å². The highest BCUT2D eigenvalue weighted by Gasteiger charge is 2.42. The van der Waals surface area contributed by atoms with Crippen LogP contribution in [0.2, 0.25) is 0 Å². The smallest absolute Gasteiger partial charge is 0.0702 e. The van der Waals surface area contributed by atoms with Crippen molar-refractivity contribution in [3.63, 3.8) is 0 Å². The van der Waals surface area contributed by atoms with E-state index in [1.165, 1.54) is 105 Å². The van der Waals surface area contributed by atoms with E-state index in [0.717, 1.165) is 11.3 Å². The first-order chi connectivity index (χ1) is 25.2. The minimum absolute atomic E-state index is 0.0797. The summed E-state index contributed by atoms with van der Waals surface area (Å²) in [5, 5.41) is 0. The van der Waals surface area contributed by atoms with Crippen molar-refractivity contribution >= 4 is 0 Å². The van der Waals surface area contributed by atoms with Gasteiger partial charge in [-0.05, 0) is 104 Å². The van der Waals surface area contributed by atoms with Gasteiger partial charge in [-0.25, -0.2) is 0 Å². The highest BCUT2D eigenvalue weighted by atomic mass is 14.7. The summed E-state index contributed by atoms with van der Waals surface area (Å²) in [4.78, 5) is 5.06. The quantitative estimate of drug-likeness (QED) is 0.135. The number of aromatic nitrogens is 1. The van der Waals surface area contributed by atoms with E-state index in [0.29, 0.717) is 0 Å². The van der Waals surface area contributed by atoms with Crippen molar-refractivity contribution in [1.82, 2.24) is 4.98 Å². The van der Waals surface area contributed by atoms with Crippen molar-refractivity contribution in [1.29, 1.82) is 0 Å². The molecular formula is C50H45N. The molecule has 1 aliphatic carbocycles. The number of fused-ring (bicyclic) bond motifs is 3. The fraction of sp³-hybridized carbons (Fsp3) is 0.180. The molecular weight excluding hydrogens is 615 g/mol. The van der Waals surface area contributed by atoms with Crippen molar-refractivity contribution in [2.75, 3.05) is 0 Å². The van der Waals surface area contributed by atoms with Crippen LogP contribution in [0.5, 0.6) is 0 Å². The van der Waals surface area contributed by atoms with Crippen molar-refractivity contribution < 1.29 is 0 Å². The SMILES string of the molecule is CCCCC1(CCCC)c2ccccc2-c2ccc(-c3ccc(-c4cccc(-c5cccc(-c6cccc(-c7ccccc7)c6)c5)c4)cn3)cc21. The van der Waals surface area contributed by atoms with Crippen molar-refractivity contribution in [2.45, 2.75) is 57.8 Å². The Morgan fingerprint density at radius 2 is 0.882 bits per heavy atom. The summed E-state index contributed by atoms with van der Waals surface area (Å²) in [6, 6.07) is 57.8. The zero-order valence-corrected chi connectivity index (χ0v) is 29.8. The Bertz CT molecular complexity index is 2270. The van der Waals surface area contributed by atoms with Crippen LogP contribution >= 0.6 is 0 Å². The number of hydrogen-bond donors (Lipinski definition) is 0. The fourth-order valence-electron chi connectivity index (χ4n) is 8.24. The van der Waals surface area contributed by atoms with E-state index in [1.54, 1.807) is 0 Å². The highest BCUT2D eigenvalue weighted by Crippen LogP contribution is 2.54. The molecule has 0 aliphatic heterocycles. The number of nitrogens with zero attached hydrogens (tertiary/aromatic N) is 1. The number of rotatable bonds is 11. The zero-order valence-electron chi connectivity index (χ0n) is 29.8. The Morgan fingerprint density at radius 1 is 0.392 bits per heavy atom. The number of benzene rings is 6. The third-order valence-electron chi connectivity index (χ3n) is 10.9. The van der Waals surface area contributed by atoms with Gasteiger partial charge in [-0.15, -0.1) is 0 Å². The standard InChI is InChI=1S/C50H45N/c1-3-5-29-50(30-6-4-2)47-24-11-10-23-45(47)46-27-25-43(34-48(46)50)49-28-26-44(35-51-49)42-22-14-21-41(33-42)40-20-13-19-39(32-40)38-18-12-17-37(31-38)36-15-8-7-9-16-36/h7-28,31-35H,3-6,29-30H2,1-2H3. The number of pyridine rings is 1. The molecule has 0 radical (unpaired) electrons. The minimum Gasteiger partial charge on any atom is -0.256 e. The molecule has 0 bridgehead atoms. The van der Waals surface area contributed by atoms with Crippen LogP contribution in [0.3, 0.4) is 0 Å². The second-order valence-electron chi connectivity index (χ2n) is 14.1. The fourth-order valence-corrected chi connectivity index (χ4v) is 8.24. The lowest BCUT2D eigenvalue weighted by atomic mass is 9.70. The first-order valence-electron chi connectivity index (χ1n) is 18.7. The van der Waals surface area contributed by atoms with E-state index in [2.05, 4.69) is 172 Å². The van der Waals surface area contributed by atoms with Crippen LogP contribution in [0.15, 0.2) is 164 Å². The van der Waals surface area contributed by atoms with Crippen molar-refractivity contribution in [3.05, 3.63) is 175 Å². The van der Waals surface area contributed by atoms with Gasteiger partial charge in [-0.2, -0.15) is 0 Å². The summed E-state index contributed by atoms with van der Waals surface area (Å²) in [6.07, 6.45) is 9.33. The molecule has 0 saturated heterocycles. The monoisotopic (exact) mass is 659 g/mol. The molecule has 250 valence electrons. The second-order valence-corrected chi connectivity index (χ2v) is 14.1. The van der Waals surface area contributed by atoms with E-state index in [9.17, 15) is 0 Å². The summed E-state index contributed by atoms with van der Waals surface area (Å²) >= 11 is 0. The van der Waals surface area contributed by atoms with Crippen LogP contribution in [0.25, 0.3) is 66.9 Å². The summed E-state index contributed by atoms with van der Waals surface area (Å²) < 4.78 is 0. The van der Waals surface area contributed by atoms with Gasteiger partial charge in [0, 0.05) is 22.7 Å². The molecule has 1 heterocycles. The summed E-state index contributed by atoms with van der Waals surface area (Å²) in [6.45, 7) is 4.63. The molecule has 7 aromatic rings. The average Bonchev–Trinajstić information content (AvgIpc) is 3.48. The van der Waals surface area contributed by atoms with Gasteiger partial charge in [0.25, 0.3) is 0 Å². The maximum absolute atomic E-state index is 5.06. The lowest BCUT2D eigenvalue weighted by molar-refractivity contribution is 0.414. The van der Waals surface area contributed by atoms with Gasteiger partial charge in [0.1, 0.15) is 0 Å². The predicted molar refractivity (Wildman–Crippen MR) is 217 cm³/mol. The molecule has 1 aliphatic rings. The summed E-state index contributed by atoms with van der Waals surface area (Å²) in [5.74, 6) is 0. The first-order valence-corrected chi connectivity index (χ1v) is 18.7. The van der Waals surface area contributed by atoms with Crippen molar-refractivity contribution in [3.8, 4) is 66.9 Å². The van der Waals surface area contributed by atoms with Crippen LogP contribution < -0.4 is 0 Å². The highest BCUT2D eigenvalue weighted by molar-refractivity contribution is 5.84. The lowest BCUT2D eigenvalue weighted by Crippen LogP contribution is -2.25. The molecule has 0 spiro atoms. The molecule has 0 fully saturated rings. The molecule has 0 atom stereocenters. The number of unbranched alkanes of at least 4 members (excludes halogenated alkanes) is 2. The van der Waals surface area contributed by atoms with Gasteiger partial charge in [-0.3, -0.25) is 4.98 Å². The molecule has 1 nitrogen and oxygen atoms in total. The van der Waals surface area contributed by atoms with Crippen LogP contribution in [-0.2, 0) is 5.41 Å². The third-order valence-corrected chi connectivity index (χ3v) is 10.9. The van der Waals surface area contributed by atoms with Gasteiger partial charge < -0.3 is 0 Å².